The fourth-order valence-electron chi connectivity index (χ4n) is 6.01. The van der Waals surface area contributed by atoms with Gasteiger partial charge in [-0.2, -0.15) is 10.1 Å². The number of aromatic nitrogens is 4. The predicted molar refractivity (Wildman–Crippen MR) is 115 cm³/mol. The van der Waals surface area contributed by atoms with E-state index in [9.17, 15) is 4.39 Å². The van der Waals surface area contributed by atoms with Crippen LogP contribution in [-0.4, -0.2) is 55.4 Å². The molecule has 3 N–H and O–H groups in total. The van der Waals surface area contributed by atoms with Gasteiger partial charge in [0.05, 0.1) is 12.2 Å². The summed E-state index contributed by atoms with van der Waals surface area (Å²) in [5, 5.41) is 15.1. The molecular weight excluding hydrogens is 381 g/mol. The zero-order chi connectivity index (χ0) is 20.3. The van der Waals surface area contributed by atoms with Crippen LogP contribution in [0.1, 0.15) is 37.8 Å². The lowest BCUT2D eigenvalue weighted by Gasteiger charge is -2.73. The van der Waals surface area contributed by atoms with Gasteiger partial charge in [-0.1, -0.05) is 12.1 Å². The molecule has 3 aliphatic heterocycles. The standard InChI is InChI=1S/C22H26FN7/c1-13-8-19(29-28-13)26-20-17-4-2-3-5-18(17)25-21(27-20)24-14-9-15-11-22(6-7-23)12-16(10-14)30(15)22/h2-5,8,14-16H,6-7,9-12H2,1H3,(H3,24,25,26,27,28,29)/t14?,15-,16+,22?. The van der Waals surface area contributed by atoms with Crippen LogP contribution in [0.3, 0.4) is 0 Å². The summed E-state index contributed by atoms with van der Waals surface area (Å²) in [6.07, 6.45) is 5.11. The Morgan fingerprint density at radius 1 is 1.20 bits per heavy atom. The van der Waals surface area contributed by atoms with Crippen LogP contribution in [0, 0.1) is 6.92 Å². The number of anilines is 3. The first kappa shape index (κ1) is 18.1. The molecule has 2 aromatic heterocycles. The van der Waals surface area contributed by atoms with Gasteiger partial charge in [0.25, 0.3) is 0 Å². The molecule has 3 aromatic rings. The van der Waals surface area contributed by atoms with E-state index in [4.69, 9.17) is 9.97 Å². The highest BCUT2D eigenvalue weighted by molar-refractivity contribution is 5.91. The molecule has 0 aliphatic carbocycles. The third-order valence-corrected chi connectivity index (χ3v) is 7.13. The maximum absolute atomic E-state index is 12.9. The van der Waals surface area contributed by atoms with Crippen LogP contribution in [0.15, 0.2) is 30.3 Å². The lowest BCUT2D eigenvalue weighted by molar-refractivity contribution is -0.224. The minimum atomic E-state index is -0.201. The van der Waals surface area contributed by atoms with Gasteiger partial charge in [-0.15, -0.1) is 0 Å². The number of aryl methyl sites for hydroxylation is 1. The summed E-state index contributed by atoms with van der Waals surface area (Å²) in [6.45, 7) is 1.77. The first-order chi connectivity index (χ1) is 14.6. The highest BCUT2D eigenvalue weighted by Crippen LogP contribution is 2.58. The van der Waals surface area contributed by atoms with Crippen LogP contribution in [0.4, 0.5) is 22.0 Å². The van der Waals surface area contributed by atoms with Crippen LogP contribution in [-0.2, 0) is 0 Å². The molecule has 6 rings (SSSR count). The molecule has 2 unspecified atom stereocenters. The highest BCUT2D eigenvalue weighted by atomic mass is 19.1. The second-order valence-electron chi connectivity index (χ2n) is 9.07. The summed E-state index contributed by atoms with van der Waals surface area (Å²) in [7, 11) is 0. The molecule has 1 aromatic carbocycles. The molecule has 156 valence electrons. The van der Waals surface area contributed by atoms with Crippen molar-refractivity contribution in [3.05, 3.63) is 36.0 Å². The van der Waals surface area contributed by atoms with Crippen LogP contribution in [0.25, 0.3) is 10.9 Å². The number of aromatic amines is 1. The number of piperidine rings is 2. The molecule has 7 nitrogen and oxygen atoms in total. The van der Waals surface area contributed by atoms with E-state index in [1.54, 1.807) is 0 Å². The molecule has 3 saturated heterocycles. The second-order valence-corrected chi connectivity index (χ2v) is 9.07. The van der Waals surface area contributed by atoms with E-state index in [2.05, 4.69) is 25.7 Å². The fourth-order valence-corrected chi connectivity index (χ4v) is 6.01. The summed E-state index contributed by atoms with van der Waals surface area (Å²) in [5.41, 5.74) is 2.08. The molecule has 0 radical (unpaired) electrons. The number of fused-ring (bicyclic) bond motifs is 1. The Kier molecular flexibility index (Phi) is 3.99. The van der Waals surface area contributed by atoms with E-state index >= 15 is 0 Å². The molecule has 0 amide bonds. The van der Waals surface area contributed by atoms with Crippen LogP contribution in [0.2, 0.25) is 0 Å². The molecule has 0 spiro atoms. The van der Waals surface area contributed by atoms with Gasteiger partial charge in [-0.25, -0.2) is 4.98 Å². The summed E-state index contributed by atoms with van der Waals surface area (Å²) < 4.78 is 12.9. The number of nitrogens with zero attached hydrogens (tertiary/aromatic N) is 4. The van der Waals surface area contributed by atoms with Gasteiger partial charge < -0.3 is 10.6 Å². The van der Waals surface area contributed by atoms with Gasteiger partial charge >= 0.3 is 0 Å². The zero-order valence-corrected chi connectivity index (χ0v) is 17.0. The van der Waals surface area contributed by atoms with Crippen molar-refractivity contribution in [2.75, 3.05) is 17.3 Å². The van der Waals surface area contributed by atoms with Crippen LogP contribution < -0.4 is 10.6 Å². The SMILES string of the molecule is Cc1cc(Nc2nc(NC3C[C@@H]4CC5(CCF)C[C@H](C3)N45)nc3ccccc23)n[nH]1. The average Bonchev–Trinajstić information content (AvgIpc) is 3.10. The number of halogens is 1. The van der Waals surface area contributed by atoms with Crippen molar-refractivity contribution < 1.29 is 4.39 Å². The summed E-state index contributed by atoms with van der Waals surface area (Å²) in [4.78, 5) is 12.1. The molecule has 8 heteroatoms. The van der Waals surface area contributed by atoms with Crippen molar-refractivity contribution in [2.24, 2.45) is 0 Å². The monoisotopic (exact) mass is 407 g/mol. The number of hydrogen-bond acceptors (Lipinski definition) is 6. The van der Waals surface area contributed by atoms with Crippen LogP contribution in [0.5, 0.6) is 0 Å². The Labute approximate surface area is 174 Å². The van der Waals surface area contributed by atoms with Gasteiger partial charge in [0, 0.05) is 40.8 Å². The van der Waals surface area contributed by atoms with Crippen molar-refractivity contribution in [3.63, 3.8) is 0 Å². The largest absolute Gasteiger partial charge is 0.351 e. The van der Waals surface area contributed by atoms with E-state index in [1.165, 1.54) is 0 Å². The Morgan fingerprint density at radius 3 is 2.73 bits per heavy atom. The Hall–Kier alpha value is -2.74. The zero-order valence-electron chi connectivity index (χ0n) is 17.0. The highest BCUT2D eigenvalue weighted by Gasteiger charge is 2.64. The first-order valence-corrected chi connectivity index (χ1v) is 10.8. The van der Waals surface area contributed by atoms with Crippen LogP contribution >= 0.6 is 0 Å². The molecule has 0 saturated carbocycles. The number of H-pyrrole nitrogens is 1. The minimum absolute atomic E-state index is 0.188. The summed E-state index contributed by atoms with van der Waals surface area (Å²) >= 11 is 0. The van der Waals surface area contributed by atoms with E-state index in [-0.39, 0.29) is 12.2 Å². The van der Waals surface area contributed by atoms with Gasteiger partial charge in [0.2, 0.25) is 5.95 Å². The number of para-hydroxylation sites is 1. The fraction of sp³-hybridized carbons (Fsp3) is 0.500. The molecule has 5 heterocycles. The van der Waals surface area contributed by atoms with Crippen molar-refractivity contribution in [1.82, 2.24) is 25.1 Å². The molecule has 3 fully saturated rings. The number of hydrogen-bond donors (Lipinski definition) is 3. The molecule has 0 bridgehead atoms. The first-order valence-electron chi connectivity index (χ1n) is 10.8. The van der Waals surface area contributed by atoms with Gasteiger partial charge in [0.1, 0.15) is 5.82 Å². The Morgan fingerprint density at radius 2 is 2.00 bits per heavy atom. The second kappa shape index (κ2) is 6.63. The van der Waals surface area contributed by atoms with Gasteiger partial charge in [0.15, 0.2) is 5.82 Å². The van der Waals surface area contributed by atoms with E-state index in [1.807, 2.05) is 37.3 Å². The summed E-state index contributed by atoms with van der Waals surface area (Å²) in [6, 6.07) is 11.5. The average molecular weight is 407 g/mol. The number of alkyl halides is 1. The smallest absolute Gasteiger partial charge is 0.225 e. The number of benzene rings is 1. The Bertz CT molecular complexity index is 1080. The minimum Gasteiger partial charge on any atom is -0.351 e. The van der Waals surface area contributed by atoms with E-state index in [0.717, 1.165) is 53.9 Å². The van der Waals surface area contributed by atoms with Gasteiger partial charge in [-0.05, 0) is 51.2 Å². The normalized spacial score (nSPS) is 29.7. The van der Waals surface area contributed by atoms with E-state index in [0.29, 0.717) is 30.5 Å². The third-order valence-electron chi connectivity index (χ3n) is 7.13. The molecule has 30 heavy (non-hydrogen) atoms. The maximum Gasteiger partial charge on any atom is 0.225 e. The van der Waals surface area contributed by atoms with Crippen molar-refractivity contribution in [3.8, 4) is 0 Å². The van der Waals surface area contributed by atoms with Crippen molar-refractivity contribution in [2.45, 2.75) is 62.7 Å². The summed E-state index contributed by atoms with van der Waals surface area (Å²) in [5.74, 6) is 2.14. The van der Waals surface area contributed by atoms with Crippen molar-refractivity contribution in [1.29, 1.82) is 0 Å². The number of nitrogens with one attached hydrogen (secondary N) is 3. The Balaban J connectivity index is 1.23. The van der Waals surface area contributed by atoms with Gasteiger partial charge in [-0.3, -0.25) is 14.4 Å². The molecular formula is C22H26FN7. The quantitative estimate of drug-likeness (QED) is 0.575. The van der Waals surface area contributed by atoms with Crippen molar-refractivity contribution >= 4 is 28.5 Å². The number of rotatable bonds is 6. The third kappa shape index (κ3) is 2.77. The van der Waals surface area contributed by atoms with E-state index < -0.39 is 0 Å². The lowest BCUT2D eigenvalue weighted by atomic mass is 9.58. The maximum atomic E-state index is 12.9. The predicted octanol–water partition coefficient (Wildman–Crippen LogP) is 3.92. The lowest BCUT2D eigenvalue weighted by Crippen LogP contribution is -2.81. The molecule has 4 atom stereocenters. The molecule has 3 aliphatic rings. The topological polar surface area (TPSA) is 81.8 Å².